The minimum Gasteiger partial charge on any atom is -0.306 e. The van der Waals surface area contributed by atoms with Crippen LogP contribution in [0.25, 0.3) is 0 Å². The van der Waals surface area contributed by atoms with Gasteiger partial charge in [-0.05, 0) is 12.1 Å². The van der Waals surface area contributed by atoms with Crippen molar-refractivity contribution in [3.05, 3.63) is 35.2 Å². The molecule has 0 spiro atoms. The van der Waals surface area contributed by atoms with E-state index in [2.05, 4.69) is 10.6 Å². The Morgan fingerprint density at radius 3 is 2.77 bits per heavy atom. The number of hydrogen-bond acceptors (Lipinski definition) is 3. The van der Waals surface area contributed by atoms with Crippen LogP contribution in [0.15, 0.2) is 35.6 Å². The highest BCUT2D eigenvalue weighted by Crippen LogP contribution is 2.05. The Morgan fingerprint density at radius 1 is 1.54 bits per heavy atom. The summed E-state index contributed by atoms with van der Waals surface area (Å²) in [5.41, 5.74) is 0.380. The number of nitrogens with one attached hydrogen (secondary N) is 1. The zero-order valence-electron chi connectivity index (χ0n) is 9.60. The van der Waals surface area contributed by atoms with Crippen molar-refractivity contribution in [3.8, 4) is 0 Å². The van der Waals surface area contributed by atoms with E-state index in [1.807, 2.05) is 0 Å². The third-order valence-corrected chi connectivity index (χ3v) is 1.30. The molecule has 0 fully saturated rings. The van der Waals surface area contributed by atoms with Gasteiger partial charge in [-0.3, -0.25) is 0 Å². The van der Waals surface area contributed by atoms with Crippen LogP contribution in [-0.4, -0.2) is 18.0 Å². The molecule has 0 aliphatic heterocycles. The summed E-state index contributed by atoms with van der Waals surface area (Å²) in [5, 5.41) is 4.27. The second-order valence-electron chi connectivity index (χ2n) is 2.19. The first-order valence-electron chi connectivity index (χ1n) is 4.94. The largest absolute Gasteiger partial charge is 0.344 e. The first kappa shape index (κ1) is 5.69. The molecule has 0 saturated heterocycles. The van der Waals surface area contributed by atoms with E-state index >= 15 is 0 Å². The molecule has 0 bridgehead atoms. The molecular formula is C8H9N3O2. The summed E-state index contributed by atoms with van der Waals surface area (Å²) in [5.74, 6) is 0. The molecule has 0 aromatic heterocycles. The lowest BCUT2D eigenvalue weighted by Crippen LogP contribution is -2.26. The third-order valence-electron chi connectivity index (χ3n) is 1.30. The number of nitroso groups, excluding NO2 is 1. The summed E-state index contributed by atoms with van der Waals surface area (Å²) in [7, 11) is 0. The number of rotatable bonds is 2. The molecule has 13 heavy (non-hydrogen) atoms. The van der Waals surface area contributed by atoms with Crippen molar-refractivity contribution >= 4 is 11.7 Å². The molecule has 1 rings (SSSR count). The lowest BCUT2D eigenvalue weighted by atomic mass is 10.3. The summed E-state index contributed by atoms with van der Waals surface area (Å²) in [4.78, 5) is 21.6. The standard InChI is InChI=1S/C8H9N3O2/c1-11(10-13)8(12)9-7-5-3-2-4-6-7/h2-6H,1H3,(H,9,12)/i1D3. The predicted molar refractivity (Wildman–Crippen MR) is 49.0 cm³/mol. The van der Waals surface area contributed by atoms with Gasteiger partial charge in [0.1, 0.15) is 0 Å². The fraction of sp³-hybridized carbons (Fsp3) is 0.125. The Bertz CT molecular complexity index is 380. The van der Waals surface area contributed by atoms with Gasteiger partial charge in [-0.2, -0.15) is 5.01 Å². The van der Waals surface area contributed by atoms with Crippen LogP contribution in [0.4, 0.5) is 10.5 Å². The molecule has 1 aromatic carbocycles. The Kier molecular flexibility index (Phi) is 1.84. The normalized spacial score (nSPS) is 13.4. The fourth-order valence-electron chi connectivity index (χ4n) is 0.735. The average Bonchev–Trinajstić information content (AvgIpc) is 2.17. The number of para-hydroxylation sites is 1. The minimum absolute atomic E-state index is 0.125. The summed E-state index contributed by atoms with van der Waals surface area (Å²) < 4.78 is 20.7. The molecule has 0 aliphatic carbocycles. The van der Waals surface area contributed by atoms with Gasteiger partial charge >= 0.3 is 6.03 Å². The molecule has 0 aliphatic rings. The van der Waals surface area contributed by atoms with Gasteiger partial charge in [0.15, 0.2) is 0 Å². The smallest absolute Gasteiger partial charge is 0.306 e. The molecule has 2 amide bonds. The highest BCUT2D eigenvalue weighted by molar-refractivity contribution is 5.88. The maximum atomic E-state index is 11.4. The van der Waals surface area contributed by atoms with Crippen molar-refractivity contribution in [1.29, 1.82) is 0 Å². The number of amides is 2. The van der Waals surface area contributed by atoms with Crippen LogP contribution >= 0.6 is 0 Å². The van der Waals surface area contributed by atoms with E-state index < -0.39 is 13.0 Å². The van der Waals surface area contributed by atoms with E-state index in [-0.39, 0.29) is 5.01 Å². The van der Waals surface area contributed by atoms with Crippen LogP contribution < -0.4 is 5.32 Å². The second kappa shape index (κ2) is 4.20. The van der Waals surface area contributed by atoms with E-state index in [0.717, 1.165) is 0 Å². The summed E-state index contributed by atoms with van der Waals surface area (Å²) in [6, 6.07) is 7.06. The number of urea groups is 1. The predicted octanol–water partition coefficient (Wildman–Crippen LogP) is 1.83. The van der Waals surface area contributed by atoms with E-state index in [9.17, 15) is 9.70 Å². The first-order chi connectivity index (χ1) is 7.45. The van der Waals surface area contributed by atoms with Crippen molar-refractivity contribution in [2.24, 2.45) is 5.29 Å². The van der Waals surface area contributed by atoms with Crippen molar-refractivity contribution in [3.63, 3.8) is 0 Å². The van der Waals surface area contributed by atoms with Gasteiger partial charge in [-0.15, -0.1) is 4.91 Å². The number of nitrogens with zero attached hydrogens (tertiary/aromatic N) is 2. The summed E-state index contributed by atoms with van der Waals surface area (Å²) in [6.45, 7) is -2.89. The molecule has 0 atom stereocenters. The number of carbonyl (C=O) groups is 1. The lowest BCUT2D eigenvalue weighted by molar-refractivity contribution is 0.224. The van der Waals surface area contributed by atoms with Gasteiger partial charge in [0, 0.05) is 16.8 Å². The van der Waals surface area contributed by atoms with Gasteiger partial charge in [-0.25, -0.2) is 4.79 Å². The van der Waals surface area contributed by atoms with Crippen LogP contribution in [0, 0.1) is 4.91 Å². The Labute approximate surface area is 79.5 Å². The van der Waals surface area contributed by atoms with Gasteiger partial charge in [-0.1, -0.05) is 18.2 Å². The van der Waals surface area contributed by atoms with Crippen LogP contribution in [0.1, 0.15) is 4.11 Å². The number of carbonyl (C=O) groups excluding carboxylic acids is 1. The van der Waals surface area contributed by atoms with Crippen LogP contribution in [-0.2, 0) is 0 Å². The SMILES string of the molecule is [2H]C([2H])([2H])N(N=O)C(=O)Nc1ccccc1. The van der Waals surface area contributed by atoms with E-state index in [1.54, 1.807) is 30.3 Å². The maximum absolute atomic E-state index is 11.4. The zero-order chi connectivity index (χ0) is 12.2. The monoisotopic (exact) mass is 182 g/mol. The van der Waals surface area contributed by atoms with Crippen molar-refractivity contribution in [2.45, 2.75) is 0 Å². The fourth-order valence-corrected chi connectivity index (χ4v) is 0.735. The second-order valence-corrected chi connectivity index (χ2v) is 2.19. The van der Waals surface area contributed by atoms with Crippen molar-refractivity contribution in [2.75, 3.05) is 12.3 Å². The Balaban J connectivity index is 2.75. The van der Waals surface area contributed by atoms with E-state index in [0.29, 0.717) is 5.69 Å². The average molecular weight is 182 g/mol. The first-order valence-corrected chi connectivity index (χ1v) is 3.44. The minimum atomic E-state index is -2.89. The van der Waals surface area contributed by atoms with Gasteiger partial charge in [0.05, 0.1) is 5.29 Å². The van der Waals surface area contributed by atoms with Crippen molar-refractivity contribution in [1.82, 2.24) is 5.01 Å². The highest BCUT2D eigenvalue weighted by Gasteiger charge is 2.06. The van der Waals surface area contributed by atoms with Crippen LogP contribution in [0.2, 0.25) is 0 Å². The quantitative estimate of drug-likeness (QED) is 0.560. The summed E-state index contributed by atoms with van der Waals surface area (Å²) >= 11 is 0. The molecule has 0 unspecified atom stereocenters. The number of benzene rings is 1. The van der Waals surface area contributed by atoms with Crippen LogP contribution in [0.3, 0.4) is 0 Å². The van der Waals surface area contributed by atoms with Gasteiger partial charge in [0.2, 0.25) is 0 Å². The molecule has 0 radical (unpaired) electrons. The van der Waals surface area contributed by atoms with Gasteiger partial charge < -0.3 is 5.32 Å². The van der Waals surface area contributed by atoms with E-state index in [1.165, 1.54) is 0 Å². The highest BCUT2D eigenvalue weighted by atomic mass is 16.3. The molecule has 5 heteroatoms. The number of hydrogen-bond donors (Lipinski definition) is 1. The molecule has 0 heterocycles. The third kappa shape index (κ3) is 2.55. The summed E-state index contributed by atoms with van der Waals surface area (Å²) in [6.07, 6.45) is 0. The molecule has 68 valence electrons. The zero-order valence-corrected chi connectivity index (χ0v) is 6.60. The molecule has 5 nitrogen and oxygen atoms in total. The Morgan fingerprint density at radius 2 is 2.23 bits per heavy atom. The lowest BCUT2D eigenvalue weighted by Gasteiger charge is -2.08. The number of anilines is 1. The molecular weight excluding hydrogens is 170 g/mol. The molecule has 1 aromatic rings. The van der Waals surface area contributed by atoms with E-state index in [4.69, 9.17) is 4.11 Å². The maximum Gasteiger partial charge on any atom is 0.344 e. The Hall–Kier alpha value is -1.91. The molecule has 1 N–H and O–H groups in total. The van der Waals surface area contributed by atoms with Crippen LogP contribution in [0.5, 0.6) is 0 Å². The topological polar surface area (TPSA) is 61.8 Å². The van der Waals surface area contributed by atoms with Gasteiger partial charge in [0.25, 0.3) is 0 Å². The van der Waals surface area contributed by atoms with Crippen molar-refractivity contribution < 1.29 is 8.91 Å². The molecule has 0 saturated carbocycles.